The van der Waals surface area contributed by atoms with Gasteiger partial charge in [-0.15, -0.1) is 0 Å². The molecule has 1 saturated heterocycles. The van der Waals surface area contributed by atoms with E-state index in [-0.39, 0.29) is 0 Å². The van der Waals surface area contributed by atoms with Gasteiger partial charge in [0.1, 0.15) is 6.26 Å². The standard InChI is InChI=1S/C16H28N4O/c1-13(2)9-17-10-15-12-21-16(18-15)20-7-5-19(6-8-20)11-14-3-4-14/h12-14,17H,3-11H2,1-2H3. The first-order chi connectivity index (χ1) is 10.2. The normalized spacial score (nSPS) is 20.4. The fourth-order valence-electron chi connectivity index (χ4n) is 2.80. The Bertz CT molecular complexity index is 433. The molecule has 0 radical (unpaired) electrons. The number of piperazine rings is 1. The molecule has 2 aliphatic rings. The molecular weight excluding hydrogens is 264 g/mol. The highest BCUT2D eigenvalue weighted by atomic mass is 16.4. The molecule has 0 spiro atoms. The van der Waals surface area contributed by atoms with Crippen LogP contribution in [0.25, 0.3) is 0 Å². The quantitative estimate of drug-likeness (QED) is 0.832. The minimum Gasteiger partial charge on any atom is -0.432 e. The van der Waals surface area contributed by atoms with Crippen molar-refractivity contribution < 1.29 is 4.42 Å². The molecule has 1 saturated carbocycles. The van der Waals surface area contributed by atoms with Gasteiger partial charge in [-0.2, -0.15) is 4.98 Å². The molecule has 0 amide bonds. The molecule has 0 aromatic carbocycles. The van der Waals surface area contributed by atoms with E-state index in [9.17, 15) is 0 Å². The largest absolute Gasteiger partial charge is 0.432 e. The summed E-state index contributed by atoms with van der Waals surface area (Å²) in [6.45, 7) is 11.9. The average Bonchev–Trinajstić information content (AvgIpc) is 3.15. The van der Waals surface area contributed by atoms with E-state index in [4.69, 9.17) is 4.42 Å². The third kappa shape index (κ3) is 4.45. The second kappa shape index (κ2) is 6.79. The molecule has 1 aromatic rings. The van der Waals surface area contributed by atoms with Gasteiger partial charge in [-0.25, -0.2) is 0 Å². The molecule has 1 N–H and O–H groups in total. The molecule has 0 atom stereocenters. The van der Waals surface area contributed by atoms with Crippen molar-refractivity contribution >= 4 is 6.01 Å². The highest BCUT2D eigenvalue weighted by Gasteiger charge is 2.27. The van der Waals surface area contributed by atoms with Crippen LogP contribution < -0.4 is 10.2 Å². The SMILES string of the molecule is CC(C)CNCc1coc(N2CCN(CC3CC3)CC2)n1. The highest BCUT2D eigenvalue weighted by Crippen LogP contribution is 2.30. The van der Waals surface area contributed by atoms with Crippen molar-refractivity contribution in [1.29, 1.82) is 0 Å². The lowest BCUT2D eigenvalue weighted by Crippen LogP contribution is -2.47. The van der Waals surface area contributed by atoms with Gasteiger partial charge in [0.2, 0.25) is 0 Å². The van der Waals surface area contributed by atoms with E-state index < -0.39 is 0 Å². The minimum atomic E-state index is 0.663. The fourth-order valence-corrected chi connectivity index (χ4v) is 2.80. The van der Waals surface area contributed by atoms with Crippen LogP contribution in [0.5, 0.6) is 0 Å². The summed E-state index contributed by atoms with van der Waals surface area (Å²) in [7, 11) is 0. The summed E-state index contributed by atoms with van der Waals surface area (Å²) in [6.07, 6.45) is 4.67. The van der Waals surface area contributed by atoms with Crippen LogP contribution in [-0.4, -0.2) is 49.2 Å². The molecule has 118 valence electrons. The monoisotopic (exact) mass is 292 g/mol. The Hall–Kier alpha value is -1.07. The van der Waals surface area contributed by atoms with Crippen LogP contribution in [0.3, 0.4) is 0 Å². The summed E-state index contributed by atoms with van der Waals surface area (Å²) in [5, 5.41) is 3.40. The van der Waals surface area contributed by atoms with E-state index in [1.165, 1.54) is 19.4 Å². The van der Waals surface area contributed by atoms with Crippen LogP contribution in [-0.2, 0) is 6.54 Å². The predicted molar refractivity (Wildman–Crippen MR) is 84.4 cm³/mol. The first-order valence-corrected chi connectivity index (χ1v) is 8.33. The number of nitrogens with one attached hydrogen (secondary N) is 1. The van der Waals surface area contributed by atoms with Crippen molar-refractivity contribution in [2.45, 2.75) is 33.2 Å². The van der Waals surface area contributed by atoms with Gasteiger partial charge in [-0.3, -0.25) is 4.90 Å². The zero-order chi connectivity index (χ0) is 14.7. The molecule has 0 bridgehead atoms. The van der Waals surface area contributed by atoms with Gasteiger partial charge in [-0.1, -0.05) is 13.8 Å². The number of rotatable bonds is 7. The molecule has 0 unspecified atom stereocenters. The number of oxazole rings is 1. The van der Waals surface area contributed by atoms with Crippen LogP contribution in [0.1, 0.15) is 32.4 Å². The summed E-state index contributed by atoms with van der Waals surface area (Å²) in [5.41, 5.74) is 1.01. The number of nitrogens with zero attached hydrogens (tertiary/aromatic N) is 3. The molecule has 5 heteroatoms. The van der Waals surface area contributed by atoms with Gasteiger partial charge in [-0.05, 0) is 31.2 Å². The molecule has 5 nitrogen and oxygen atoms in total. The van der Waals surface area contributed by atoms with E-state index in [0.717, 1.165) is 56.9 Å². The Morgan fingerprint density at radius 3 is 2.71 bits per heavy atom. The van der Waals surface area contributed by atoms with E-state index in [1.54, 1.807) is 6.26 Å². The molecule has 21 heavy (non-hydrogen) atoms. The van der Waals surface area contributed by atoms with Crippen molar-refractivity contribution in [3.8, 4) is 0 Å². The number of anilines is 1. The van der Waals surface area contributed by atoms with Gasteiger partial charge in [0.25, 0.3) is 6.01 Å². The Morgan fingerprint density at radius 1 is 1.29 bits per heavy atom. The topological polar surface area (TPSA) is 44.5 Å². The second-order valence-electron chi connectivity index (χ2n) is 6.88. The van der Waals surface area contributed by atoms with Crippen LogP contribution >= 0.6 is 0 Å². The molecule has 1 aliphatic carbocycles. The van der Waals surface area contributed by atoms with Crippen LogP contribution in [0, 0.1) is 11.8 Å². The molecule has 1 aromatic heterocycles. The van der Waals surface area contributed by atoms with Crippen molar-refractivity contribution in [1.82, 2.24) is 15.2 Å². The molecule has 2 fully saturated rings. The van der Waals surface area contributed by atoms with E-state index in [0.29, 0.717) is 5.92 Å². The summed E-state index contributed by atoms with van der Waals surface area (Å²) < 4.78 is 5.65. The molecule has 3 rings (SSSR count). The van der Waals surface area contributed by atoms with Gasteiger partial charge >= 0.3 is 0 Å². The van der Waals surface area contributed by atoms with Crippen molar-refractivity contribution in [3.05, 3.63) is 12.0 Å². The highest BCUT2D eigenvalue weighted by molar-refractivity contribution is 5.28. The Labute approximate surface area is 127 Å². The van der Waals surface area contributed by atoms with E-state index in [2.05, 4.69) is 33.9 Å². The number of hydrogen-bond acceptors (Lipinski definition) is 5. The van der Waals surface area contributed by atoms with Crippen LogP contribution in [0.15, 0.2) is 10.7 Å². The zero-order valence-electron chi connectivity index (χ0n) is 13.3. The Morgan fingerprint density at radius 2 is 2.05 bits per heavy atom. The average molecular weight is 292 g/mol. The smallest absolute Gasteiger partial charge is 0.297 e. The zero-order valence-corrected chi connectivity index (χ0v) is 13.3. The lowest BCUT2D eigenvalue weighted by molar-refractivity contribution is 0.243. The third-order valence-corrected chi connectivity index (χ3v) is 4.25. The fraction of sp³-hybridized carbons (Fsp3) is 0.812. The first-order valence-electron chi connectivity index (χ1n) is 8.33. The lowest BCUT2D eigenvalue weighted by atomic mass is 10.2. The van der Waals surface area contributed by atoms with Gasteiger partial charge in [0.15, 0.2) is 0 Å². The van der Waals surface area contributed by atoms with Gasteiger partial charge in [0, 0.05) is 39.3 Å². The molecule has 1 aliphatic heterocycles. The Kier molecular flexibility index (Phi) is 4.80. The minimum absolute atomic E-state index is 0.663. The van der Waals surface area contributed by atoms with E-state index in [1.807, 2.05) is 0 Å². The maximum Gasteiger partial charge on any atom is 0.297 e. The maximum atomic E-state index is 5.65. The lowest BCUT2D eigenvalue weighted by Gasteiger charge is -2.33. The van der Waals surface area contributed by atoms with E-state index >= 15 is 0 Å². The molecular formula is C16H28N4O. The van der Waals surface area contributed by atoms with Gasteiger partial charge in [0.05, 0.1) is 5.69 Å². The van der Waals surface area contributed by atoms with Crippen molar-refractivity contribution in [3.63, 3.8) is 0 Å². The van der Waals surface area contributed by atoms with Gasteiger partial charge < -0.3 is 14.6 Å². The summed E-state index contributed by atoms with van der Waals surface area (Å²) in [6, 6.07) is 0.794. The van der Waals surface area contributed by atoms with Crippen molar-refractivity contribution in [2.75, 3.05) is 44.2 Å². The third-order valence-electron chi connectivity index (χ3n) is 4.25. The molecule has 2 heterocycles. The summed E-state index contributed by atoms with van der Waals surface area (Å²) in [4.78, 5) is 9.47. The first kappa shape index (κ1) is 14.9. The second-order valence-corrected chi connectivity index (χ2v) is 6.88. The number of aromatic nitrogens is 1. The predicted octanol–water partition coefficient (Wildman–Crippen LogP) is 1.95. The Balaban J connectivity index is 1.43. The van der Waals surface area contributed by atoms with Crippen molar-refractivity contribution in [2.24, 2.45) is 11.8 Å². The van der Waals surface area contributed by atoms with Crippen LogP contribution in [0.4, 0.5) is 6.01 Å². The summed E-state index contributed by atoms with van der Waals surface area (Å²) >= 11 is 0. The summed E-state index contributed by atoms with van der Waals surface area (Å²) in [5.74, 6) is 1.65. The number of hydrogen-bond donors (Lipinski definition) is 1. The maximum absolute atomic E-state index is 5.65. The van der Waals surface area contributed by atoms with Crippen LogP contribution in [0.2, 0.25) is 0 Å².